The number of β-lactam (4-membered cyclic amide) rings is 1. The highest BCUT2D eigenvalue weighted by Gasteiger charge is 2.36. The van der Waals surface area contributed by atoms with Crippen molar-refractivity contribution in [2.75, 3.05) is 23.5 Å². The highest BCUT2D eigenvalue weighted by molar-refractivity contribution is 6.30. The molecule has 2 aliphatic rings. The Bertz CT molecular complexity index is 1290. The summed E-state index contributed by atoms with van der Waals surface area (Å²) < 4.78 is 11.8. The van der Waals surface area contributed by atoms with Gasteiger partial charge in [0.05, 0.1) is 25.7 Å². The minimum absolute atomic E-state index is 0.0176. The fourth-order valence-corrected chi connectivity index (χ4v) is 4.88. The van der Waals surface area contributed by atoms with Crippen molar-refractivity contribution in [3.8, 4) is 11.5 Å². The van der Waals surface area contributed by atoms with E-state index in [9.17, 15) is 9.59 Å². The van der Waals surface area contributed by atoms with Crippen LogP contribution in [0, 0.1) is 0 Å². The Morgan fingerprint density at radius 3 is 2.25 bits per heavy atom. The van der Waals surface area contributed by atoms with E-state index in [1.165, 1.54) is 0 Å². The molecular weight excluding hydrogens is 476 g/mol. The molecule has 7 heteroatoms. The molecule has 5 rings (SSSR count). The molecule has 3 aromatic carbocycles. The summed E-state index contributed by atoms with van der Waals surface area (Å²) in [6, 6.07) is 18.8. The molecular formula is C29H29ClN2O4. The van der Waals surface area contributed by atoms with Gasteiger partial charge in [0.15, 0.2) is 11.5 Å². The molecule has 0 radical (unpaired) electrons. The number of benzene rings is 3. The van der Waals surface area contributed by atoms with Crippen LogP contribution in [-0.2, 0) is 16.0 Å². The molecule has 6 nitrogen and oxygen atoms in total. The molecule has 0 aliphatic carbocycles. The summed E-state index contributed by atoms with van der Waals surface area (Å²) in [5.41, 5.74) is 4.44. The lowest BCUT2D eigenvalue weighted by Crippen LogP contribution is -2.43. The maximum absolute atomic E-state index is 13.6. The second kappa shape index (κ2) is 9.86. The van der Waals surface area contributed by atoms with Crippen molar-refractivity contribution in [2.24, 2.45) is 0 Å². The van der Waals surface area contributed by atoms with Gasteiger partial charge in [0.25, 0.3) is 0 Å². The maximum Gasteiger partial charge on any atom is 0.232 e. The molecule has 2 aliphatic heterocycles. The quantitative estimate of drug-likeness (QED) is 0.373. The van der Waals surface area contributed by atoms with Crippen molar-refractivity contribution >= 4 is 34.8 Å². The van der Waals surface area contributed by atoms with E-state index in [-0.39, 0.29) is 30.4 Å². The third kappa shape index (κ3) is 4.42. The van der Waals surface area contributed by atoms with E-state index in [4.69, 9.17) is 21.1 Å². The van der Waals surface area contributed by atoms with Crippen LogP contribution in [0.5, 0.6) is 11.5 Å². The van der Waals surface area contributed by atoms with Gasteiger partial charge < -0.3 is 19.3 Å². The van der Waals surface area contributed by atoms with Crippen LogP contribution < -0.4 is 19.3 Å². The SMILES string of the molecule is CCC(C)Oc1cc2c(cc1OC)CC(=O)N(c1ccc(N3CCC3=O)cc1)C2c1ccc(Cl)cc1. The average molecular weight is 505 g/mol. The number of nitrogens with zero attached hydrogens (tertiary/aromatic N) is 2. The third-order valence-electron chi connectivity index (χ3n) is 6.97. The number of carbonyl (C=O) groups is 2. The molecule has 2 unspecified atom stereocenters. The van der Waals surface area contributed by atoms with Crippen LogP contribution in [0.2, 0.25) is 5.02 Å². The first-order valence-corrected chi connectivity index (χ1v) is 12.6. The summed E-state index contributed by atoms with van der Waals surface area (Å²) in [5, 5.41) is 0.631. The summed E-state index contributed by atoms with van der Waals surface area (Å²) in [6.07, 6.45) is 1.69. The minimum Gasteiger partial charge on any atom is -0.493 e. The fourth-order valence-electron chi connectivity index (χ4n) is 4.76. The number of rotatable bonds is 7. The number of fused-ring (bicyclic) bond motifs is 1. The smallest absolute Gasteiger partial charge is 0.232 e. The van der Waals surface area contributed by atoms with Crippen molar-refractivity contribution < 1.29 is 19.1 Å². The van der Waals surface area contributed by atoms with Gasteiger partial charge in [-0.2, -0.15) is 0 Å². The Labute approximate surface area is 216 Å². The summed E-state index contributed by atoms with van der Waals surface area (Å²) in [4.78, 5) is 29.1. The zero-order chi connectivity index (χ0) is 25.4. The molecule has 0 spiro atoms. The van der Waals surface area contributed by atoms with E-state index in [2.05, 4.69) is 6.92 Å². The summed E-state index contributed by atoms with van der Waals surface area (Å²) >= 11 is 6.20. The summed E-state index contributed by atoms with van der Waals surface area (Å²) in [5.74, 6) is 1.37. The van der Waals surface area contributed by atoms with Crippen LogP contribution in [0.15, 0.2) is 60.7 Å². The molecule has 0 saturated carbocycles. The topological polar surface area (TPSA) is 59.1 Å². The molecule has 1 fully saturated rings. The van der Waals surface area contributed by atoms with Crippen molar-refractivity contribution in [1.29, 1.82) is 0 Å². The average Bonchev–Trinajstić information content (AvgIpc) is 2.88. The van der Waals surface area contributed by atoms with Gasteiger partial charge in [-0.3, -0.25) is 9.59 Å². The molecule has 2 atom stereocenters. The van der Waals surface area contributed by atoms with Crippen molar-refractivity contribution in [1.82, 2.24) is 0 Å². The van der Waals surface area contributed by atoms with Crippen LogP contribution in [0.25, 0.3) is 0 Å². The molecule has 0 aromatic heterocycles. The van der Waals surface area contributed by atoms with Crippen molar-refractivity contribution in [3.63, 3.8) is 0 Å². The first kappa shape index (κ1) is 24.2. The van der Waals surface area contributed by atoms with Crippen LogP contribution in [0.3, 0.4) is 0 Å². The Balaban J connectivity index is 1.62. The zero-order valence-electron chi connectivity index (χ0n) is 20.7. The zero-order valence-corrected chi connectivity index (χ0v) is 21.4. The lowest BCUT2D eigenvalue weighted by molar-refractivity contribution is -0.122. The number of anilines is 2. The monoisotopic (exact) mass is 504 g/mol. The van der Waals surface area contributed by atoms with E-state index < -0.39 is 0 Å². The number of methoxy groups -OCH3 is 1. The second-order valence-electron chi connectivity index (χ2n) is 9.24. The van der Waals surface area contributed by atoms with E-state index >= 15 is 0 Å². The maximum atomic E-state index is 13.6. The van der Waals surface area contributed by atoms with E-state index in [1.807, 2.05) is 72.5 Å². The standard InChI is InChI=1S/C29H29ClN2O4/c1-4-18(2)36-26-17-24-20(15-25(26)35-3)16-28(34)32(29(24)19-5-7-21(30)8-6-19)23-11-9-22(10-12-23)31-14-13-27(31)33/h5-12,15,17-18,29H,4,13-14,16H2,1-3H3. The van der Waals surface area contributed by atoms with Crippen LogP contribution in [-0.4, -0.2) is 31.6 Å². The molecule has 2 amide bonds. The second-order valence-corrected chi connectivity index (χ2v) is 9.68. The highest BCUT2D eigenvalue weighted by Crippen LogP contribution is 2.44. The Hall–Kier alpha value is -3.51. The number of hydrogen-bond acceptors (Lipinski definition) is 4. The first-order chi connectivity index (χ1) is 17.4. The molecule has 2 heterocycles. The van der Waals surface area contributed by atoms with Crippen LogP contribution in [0.1, 0.15) is 49.4 Å². The van der Waals surface area contributed by atoms with Gasteiger partial charge in [-0.15, -0.1) is 0 Å². The van der Waals surface area contributed by atoms with Gasteiger partial charge >= 0.3 is 0 Å². The minimum atomic E-state index is -0.375. The lowest BCUT2D eigenvalue weighted by Gasteiger charge is -2.38. The lowest BCUT2D eigenvalue weighted by atomic mass is 9.86. The van der Waals surface area contributed by atoms with E-state index in [1.54, 1.807) is 12.0 Å². The molecule has 0 bridgehead atoms. The Morgan fingerprint density at radius 1 is 0.972 bits per heavy atom. The predicted octanol–water partition coefficient (Wildman–Crippen LogP) is 5.94. The Kier molecular flexibility index (Phi) is 6.63. The predicted molar refractivity (Wildman–Crippen MR) is 141 cm³/mol. The van der Waals surface area contributed by atoms with Gasteiger partial charge in [-0.05, 0) is 78.6 Å². The molecule has 1 saturated heterocycles. The highest BCUT2D eigenvalue weighted by atomic mass is 35.5. The number of carbonyl (C=O) groups excluding carboxylic acids is 2. The number of hydrogen-bond donors (Lipinski definition) is 0. The summed E-state index contributed by atoms with van der Waals surface area (Å²) in [6.45, 7) is 4.82. The normalized spacial score (nSPS) is 17.9. The van der Waals surface area contributed by atoms with E-state index in [0.717, 1.165) is 41.0 Å². The van der Waals surface area contributed by atoms with Crippen molar-refractivity contribution in [3.05, 3.63) is 82.4 Å². The fraction of sp³-hybridized carbons (Fsp3) is 0.310. The molecule has 0 N–H and O–H groups in total. The van der Waals surface area contributed by atoms with Crippen molar-refractivity contribution in [2.45, 2.75) is 45.3 Å². The molecule has 36 heavy (non-hydrogen) atoms. The molecule has 3 aromatic rings. The first-order valence-electron chi connectivity index (χ1n) is 12.2. The van der Waals surface area contributed by atoms with Crippen LogP contribution in [0.4, 0.5) is 11.4 Å². The van der Waals surface area contributed by atoms with Gasteiger partial charge in [-0.1, -0.05) is 30.7 Å². The third-order valence-corrected chi connectivity index (χ3v) is 7.22. The number of halogens is 1. The van der Waals surface area contributed by atoms with Gasteiger partial charge in [0.2, 0.25) is 11.8 Å². The molecule has 186 valence electrons. The number of amides is 2. The van der Waals surface area contributed by atoms with Crippen LogP contribution >= 0.6 is 11.6 Å². The van der Waals surface area contributed by atoms with Gasteiger partial charge in [0, 0.05) is 29.4 Å². The van der Waals surface area contributed by atoms with Gasteiger partial charge in [0.1, 0.15) is 0 Å². The number of ether oxygens (including phenoxy) is 2. The van der Waals surface area contributed by atoms with E-state index in [0.29, 0.717) is 22.9 Å². The van der Waals surface area contributed by atoms with Gasteiger partial charge in [-0.25, -0.2) is 0 Å². The summed E-state index contributed by atoms with van der Waals surface area (Å²) in [7, 11) is 1.61. The Morgan fingerprint density at radius 2 is 1.67 bits per heavy atom. The largest absolute Gasteiger partial charge is 0.493 e.